The number of unbranched alkanes of at least 4 members (excludes halogenated alkanes) is 1. The quantitative estimate of drug-likeness (QED) is 0.543. The monoisotopic (exact) mass is 319 g/mol. The molecule has 1 atom stereocenters. The first-order valence-electron chi connectivity index (χ1n) is 8.77. The molecule has 23 heavy (non-hydrogen) atoms. The van der Waals surface area contributed by atoms with Gasteiger partial charge < -0.3 is 9.47 Å². The van der Waals surface area contributed by atoms with Gasteiger partial charge in [0.05, 0.1) is 12.5 Å². The molecule has 4 heteroatoms. The number of carbonyl (C=O) groups excluding carboxylic acids is 1. The zero-order valence-electron chi connectivity index (χ0n) is 14.4. The Balaban J connectivity index is 1.69. The molecule has 0 N–H and O–H groups in total. The fourth-order valence-corrected chi connectivity index (χ4v) is 2.81. The van der Waals surface area contributed by atoms with Crippen molar-refractivity contribution in [2.75, 3.05) is 32.8 Å². The molecule has 2 rings (SSSR count). The van der Waals surface area contributed by atoms with Crippen molar-refractivity contribution in [2.45, 2.75) is 39.5 Å². The van der Waals surface area contributed by atoms with E-state index in [0.29, 0.717) is 13.2 Å². The second-order valence-electron chi connectivity index (χ2n) is 6.32. The number of rotatable bonds is 8. The van der Waals surface area contributed by atoms with Crippen LogP contribution in [0.15, 0.2) is 24.3 Å². The van der Waals surface area contributed by atoms with E-state index in [0.717, 1.165) is 51.1 Å². The van der Waals surface area contributed by atoms with Gasteiger partial charge in [-0.2, -0.15) is 0 Å². The second-order valence-corrected chi connectivity index (χ2v) is 6.32. The molecule has 0 radical (unpaired) electrons. The molecule has 1 aliphatic heterocycles. The van der Waals surface area contributed by atoms with Gasteiger partial charge in [-0.15, -0.1) is 0 Å². The van der Waals surface area contributed by atoms with E-state index in [1.807, 2.05) is 12.1 Å². The van der Waals surface area contributed by atoms with Gasteiger partial charge in [-0.1, -0.05) is 31.0 Å². The molecule has 1 aliphatic rings. The largest absolute Gasteiger partial charge is 0.492 e. The normalized spacial score (nSPS) is 18.6. The summed E-state index contributed by atoms with van der Waals surface area (Å²) in [5, 5.41) is 0. The van der Waals surface area contributed by atoms with Crippen LogP contribution >= 0.6 is 0 Å². The molecule has 1 unspecified atom stereocenters. The summed E-state index contributed by atoms with van der Waals surface area (Å²) in [6.07, 6.45) is 4.01. The lowest BCUT2D eigenvalue weighted by Gasteiger charge is -2.31. The number of carbonyl (C=O) groups is 1. The van der Waals surface area contributed by atoms with Crippen molar-refractivity contribution in [3.63, 3.8) is 0 Å². The molecule has 0 spiro atoms. The van der Waals surface area contributed by atoms with Crippen LogP contribution in [0.4, 0.5) is 0 Å². The minimum Gasteiger partial charge on any atom is -0.492 e. The van der Waals surface area contributed by atoms with Crippen LogP contribution in [0.1, 0.15) is 38.2 Å². The third-order valence-electron chi connectivity index (χ3n) is 4.28. The summed E-state index contributed by atoms with van der Waals surface area (Å²) >= 11 is 0. The predicted octanol–water partition coefficient (Wildman–Crippen LogP) is 3.43. The maximum Gasteiger partial charge on any atom is 0.310 e. The van der Waals surface area contributed by atoms with E-state index in [1.54, 1.807) is 0 Å². The minimum atomic E-state index is -0.0254. The Kier molecular flexibility index (Phi) is 7.40. The Morgan fingerprint density at radius 1 is 1.26 bits per heavy atom. The van der Waals surface area contributed by atoms with E-state index in [4.69, 9.17) is 9.47 Å². The highest BCUT2D eigenvalue weighted by molar-refractivity contribution is 5.72. The summed E-state index contributed by atoms with van der Waals surface area (Å²) in [7, 11) is 0. The summed E-state index contributed by atoms with van der Waals surface area (Å²) in [6.45, 7) is 8.06. The highest BCUT2D eigenvalue weighted by atomic mass is 16.5. The summed E-state index contributed by atoms with van der Waals surface area (Å²) < 4.78 is 11.1. The molecule has 0 saturated carbocycles. The molecule has 0 aromatic heterocycles. The van der Waals surface area contributed by atoms with E-state index in [1.165, 1.54) is 5.56 Å². The van der Waals surface area contributed by atoms with Gasteiger partial charge in [-0.3, -0.25) is 9.69 Å². The van der Waals surface area contributed by atoms with Gasteiger partial charge in [0.25, 0.3) is 0 Å². The number of nitrogens with zero attached hydrogens (tertiary/aromatic N) is 1. The SMILES string of the molecule is CCCCOC(=O)C1CCCN(CCOc2ccc(C)cc2)C1. The van der Waals surface area contributed by atoms with Crippen LogP contribution in [0.25, 0.3) is 0 Å². The van der Waals surface area contributed by atoms with Gasteiger partial charge in [0.2, 0.25) is 0 Å². The van der Waals surface area contributed by atoms with E-state index in [2.05, 4.69) is 30.9 Å². The zero-order valence-corrected chi connectivity index (χ0v) is 14.4. The Hall–Kier alpha value is -1.55. The molecule has 1 aromatic carbocycles. The lowest BCUT2D eigenvalue weighted by Crippen LogP contribution is -2.41. The Morgan fingerprint density at radius 3 is 2.78 bits per heavy atom. The van der Waals surface area contributed by atoms with Gasteiger partial charge >= 0.3 is 5.97 Å². The molecular weight excluding hydrogens is 290 g/mol. The Morgan fingerprint density at radius 2 is 2.04 bits per heavy atom. The van der Waals surface area contributed by atoms with E-state index < -0.39 is 0 Å². The number of ether oxygens (including phenoxy) is 2. The summed E-state index contributed by atoms with van der Waals surface area (Å²) in [5.41, 5.74) is 1.23. The van der Waals surface area contributed by atoms with Crippen LogP contribution < -0.4 is 4.74 Å². The average Bonchev–Trinajstić information content (AvgIpc) is 2.57. The van der Waals surface area contributed by atoms with Gasteiger partial charge in [0, 0.05) is 13.1 Å². The number of hydrogen-bond acceptors (Lipinski definition) is 4. The molecule has 4 nitrogen and oxygen atoms in total. The first kappa shape index (κ1) is 17.8. The van der Waals surface area contributed by atoms with Crippen molar-refractivity contribution in [1.29, 1.82) is 0 Å². The molecule has 0 aliphatic carbocycles. The predicted molar refractivity (Wildman–Crippen MR) is 91.7 cm³/mol. The third kappa shape index (κ3) is 6.22. The number of esters is 1. The molecular formula is C19H29NO3. The smallest absolute Gasteiger partial charge is 0.310 e. The molecule has 1 fully saturated rings. The lowest BCUT2D eigenvalue weighted by atomic mass is 9.98. The van der Waals surface area contributed by atoms with Crippen molar-refractivity contribution < 1.29 is 14.3 Å². The summed E-state index contributed by atoms with van der Waals surface area (Å²) in [6, 6.07) is 8.11. The topological polar surface area (TPSA) is 38.8 Å². The van der Waals surface area contributed by atoms with Crippen molar-refractivity contribution in [3.05, 3.63) is 29.8 Å². The molecule has 1 heterocycles. The second kappa shape index (κ2) is 9.56. The van der Waals surface area contributed by atoms with Crippen molar-refractivity contribution >= 4 is 5.97 Å². The molecule has 1 saturated heterocycles. The molecule has 128 valence electrons. The average molecular weight is 319 g/mol. The third-order valence-corrected chi connectivity index (χ3v) is 4.28. The maximum atomic E-state index is 12.1. The van der Waals surface area contributed by atoms with Gasteiger partial charge in [-0.25, -0.2) is 0 Å². The van der Waals surface area contributed by atoms with Crippen LogP contribution in [-0.2, 0) is 9.53 Å². The standard InChI is InChI=1S/C19H29NO3/c1-3-4-13-23-19(21)17-6-5-11-20(15-17)12-14-22-18-9-7-16(2)8-10-18/h7-10,17H,3-6,11-15H2,1-2H3. The fraction of sp³-hybridized carbons (Fsp3) is 0.632. The van der Waals surface area contributed by atoms with Crippen molar-refractivity contribution in [1.82, 2.24) is 4.90 Å². The highest BCUT2D eigenvalue weighted by Crippen LogP contribution is 2.18. The van der Waals surface area contributed by atoms with Crippen LogP contribution in [0.3, 0.4) is 0 Å². The first-order chi connectivity index (χ1) is 11.2. The number of likely N-dealkylation sites (tertiary alicyclic amines) is 1. The minimum absolute atomic E-state index is 0.0254. The first-order valence-corrected chi connectivity index (χ1v) is 8.77. The van der Waals surface area contributed by atoms with Crippen LogP contribution in [0, 0.1) is 12.8 Å². The van der Waals surface area contributed by atoms with Crippen LogP contribution in [0.2, 0.25) is 0 Å². The highest BCUT2D eigenvalue weighted by Gasteiger charge is 2.26. The zero-order chi connectivity index (χ0) is 16.5. The Bertz CT molecular complexity index is 472. The molecule has 0 bridgehead atoms. The number of piperidine rings is 1. The van der Waals surface area contributed by atoms with E-state index >= 15 is 0 Å². The van der Waals surface area contributed by atoms with E-state index in [9.17, 15) is 4.79 Å². The fourth-order valence-electron chi connectivity index (χ4n) is 2.81. The van der Waals surface area contributed by atoms with Gasteiger partial charge in [0.15, 0.2) is 0 Å². The number of hydrogen-bond donors (Lipinski definition) is 0. The summed E-state index contributed by atoms with van der Waals surface area (Å²) in [4.78, 5) is 14.4. The van der Waals surface area contributed by atoms with Crippen molar-refractivity contribution in [3.8, 4) is 5.75 Å². The maximum absolute atomic E-state index is 12.1. The summed E-state index contributed by atoms with van der Waals surface area (Å²) in [5.74, 6) is 0.908. The van der Waals surface area contributed by atoms with Gasteiger partial charge in [-0.05, 0) is 44.9 Å². The number of aryl methyl sites for hydroxylation is 1. The molecule has 1 aromatic rings. The van der Waals surface area contributed by atoms with Crippen molar-refractivity contribution in [2.24, 2.45) is 5.92 Å². The van der Waals surface area contributed by atoms with Crippen LogP contribution in [0.5, 0.6) is 5.75 Å². The number of benzene rings is 1. The molecule has 0 amide bonds. The Labute approximate surface area is 139 Å². The van der Waals surface area contributed by atoms with Gasteiger partial charge in [0.1, 0.15) is 12.4 Å². The van der Waals surface area contributed by atoms with E-state index in [-0.39, 0.29) is 11.9 Å². The van der Waals surface area contributed by atoms with Crippen LogP contribution in [-0.4, -0.2) is 43.7 Å². The lowest BCUT2D eigenvalue weighted by molar-refractivity contribution is -0.150.